The van der Waals surface area contributed by atoms with Crippen LogP contribution in [0.2, 0.25) is 0 Å². The first kappa shape index (κ1) is 31.7. The van der Waals surface area contributed by atoms with E-state index in [0.29, 0.717) is 31.0 Å². The van der Waals surface area contributed by atoms with Crippen molar-refractivity contribution in [2.75, 3.05) is 30.5 Å². The van der Waals surface area contributed by atoms with Crippen molar-refractivity contribution in [3.63, 3.8) is 0 Å². The van der Waals surface area contributed by atoms with Gasteiger partial charge in [-0.2, -0.15) is 0 Å². The van der Waals surface area contributed by atoms with Crippen LogP contribution in [0.25, 0.3) is 0 Å². The van der Waals surface area contributed by atoms with Gasteiger partial charge in [-0.05, 0) is 75.1 Å². The van der Waals surface area contributed by atoms with Gasteiger partial charge >= 0.3 is 0 Å². The number of sulfonamides is 1. The normalized spacial score (nSPS) is 12.0. The maximum Gasteiger partial charge on any atom is 0.264 e. The Morgan fingerprint density at radius 1 is 0.902 bits per heavy atom. The molecule has 2 amide bonds. The topological polar surface area (TPSA) is 96.0 Å². The maximum absolute atomic E-state index is 13.9. The van der Waals surface area contributed by atoms with Gasteiger partial charge in [-0.15, -0.1) is 0 Å². The Labute approximate surface area is 244 Å². The highest BCUT2D eigenvalue weighted by atomic mass is 32.2. The molecule has 1 N–H and O–H groups in total. The van der Waals surface area contributed by atoms with Crippen LogP contribution in [0.1, 0.15) is 38.8 Å². The number of amides is 2. The molecule has 0 aromatic heterocycles. The van der Waals surface area contributed by atoms with Gasteiger partial charge in [0.05, 0.1) is 17.2 Å². The molecule has 1 atom stereocenters. The molecule has 0 radical (unpaired) electrons. The molecule has 0 aliphatic rings. The van der Waals surface area contributed by atoms with Crippen molar-refractivity contribution in [3.05, 3.63) is 90.0 Å². The van der Waals surface area contributed by atoms with Crippen LogP contribution in [-0.2, 0) is 26.0 Å². The van der Waals surface area contributed by atoms with Gasteiger partial charge < -0.3 is 15.0 Å². The van der Waals surface area contributed by atoms with Crippen molar-refractivity contribution in [1.29, 1.82) is 0 Å². The third-order valence-electron chi connectivity index (χ3n) is 6.66. The van der Waals surface area contributed by atoms with Gasteiger partial charge in [-0.25, -0.2) is 8.42 Å². The maximum atomic E-state index is 13.9. The number of benzene rings is 3. The molecular weight excluding hydrogens is 538 g/mol. The summed E-state index contributed by atoms with van der Waals surface area (Å²) in [4.78, 5) is 28.5. The summed E-state index contributed by atoms with van der Waals surface area (Å²) in [5, 5.41) is 2.90. The van der Waals surface area contributed by atoms with Crippen LogP contribution < -0.4 is 14.4 Å². The number of carbonyl (C=O) groups is 2. The summed E-state index contributed by atoms with van der Waals surface area (Å²) < 4.78 is 34.5. The van der Waals surface area contributed by atoms with E-state index in [4.69, 9.17) is 4.74 Å². The zero-order valence-electron chi connectivity index (χ0n) is 24.5. The lowest BCUT2D eigenvalue weighted by molar-refractivity contribution is -0.138. The summed E-state index contributed by atoms with van der Waals surface area (Å²) in [6, 6.07) is 22.0. The Bertz CT molecular complexity index is 1380. The number of rotatable bonds is 14. The molecule has 0 saturated heterocycles. The molecule has 0 spiro atoms. The van der Waals surface area contributed by atoms with E-state index < -0.39 is 28.5 Å². The van der Waals surface area contributed by atoms with Gasteiger partial charge in [0.15, 0.2) is 0 Å². The highest BCUT2D eigenvalue weighted by Gasteiger charge is 2.32. The third-order valence-corrected chi connectivity index (χ3v) is 8.45. The fourth-order valence-corrected chi connectivity index (χ4v) is 5.68. The second-order valence-electron chi connectivity index (χ2n) is 10.4. The Morgan fingerprint density at radius 3 is 2.12 bits per heavy atom. The van der Waals surface area contributed by atoms with E-state index in [1.54, 1.807) is 43.3 Å². The molecule has 0 heterocycles. The van der Waals surface area contributed by atoms with Crippen LogP contribution in [0.5, 0.6) is 5.75 Å². The summed E-state index contributed by atoms with van der Waals surface area (Å²) >= 11 is 0. The van der Waals surface area contributed by atoms with Gasteiger partial charge in [0, 0.05) is 13.1 Å². The molecule has 3 rings (SSSR count). The minimum absolute atomic E-state index is 0.0351. The van der Waals surface area contributed by atoms with E-state index >= 15 is 0 Å². The zero-order valence-corrected chi connectivity index (χ0v) is 25.4. The van der Waals surface area contributed by atoms with Crippen LogP contribution >= 0.6 is 0 Å². The monoisotopic (exact) mass is 579 g/mol. The van der Waals surface area contributed by atoms with Crippen molar-refractivity contribution in [2.45, 2.75) is 52.0 Å². The lowest BCUT2D eigenvalue weighted by Gasteiger charge is -2.32. The first-order valence-corrected chi connectivity index (χ1v) is 15.4. The standard InChI is InChI=1S/C32H41N3O5S/c1-6-40-29-16-18-30(19-17-29)41(38,39)35(28-14-12-25(4)13-15-28)23-31(36)34(21-20-27-10-8-7-9-11-27)26(5)32(37)33-22-24(2)3/h7-19,24,26H,6,20-23H2,1-5H3,(H,33,37)/t26-/m0/s1. The van der Waals surface area contributed by atoms with E-state index in [1.165, 1.54) is 17.0 Å². The Morgan fingerprint density at radius 2 is 1.54 bits per heavy atom. The van der Waals surface area contributed by atoms with Gasteiger partial charge in [0.1, 0.15) is 18.3 Å². The van der Waals surface area contributed by atoms with Crippen LogP contribution in [0.4, 0.5) is 5.69 Å². The number of aryl methyl sites for hydroxylation is 1. The number of hydrogen-bond acceptors (Lipinski definition) is 5. The summed E-state index contributed by atoms with van der Waals surface area (Å²) in [5.41, 5.74) is 2.33. The van der Waals surface area contributed by atoms with E-state index in [9.17, 15) is 18.0 Å². The number of nitrogens with zero attached hydrogens (tertiary/aromatic N) is 2. The number of hydrogen-bond donors (Lipinski definition) is 1. The average Bonchev–Trinajstić information content (AvgIpc) is 2.96. The number of nitrogens with one attached hydrogen (secondary N) is 1. The van der Waals surface area contributed by atoms with Gasteiger partial charge in [0.25, 0.3) is 10.0 Å². The summed E-state index contributed by atoms with van der Waals surface area (Å²) in [6.07, 6.45) is 0.518. The number of anilines is 1. The largest absolute Gasteiger partial charge is 0.494 e. The van der Waals surface area contributed by atoms with Crippen LogP contribution in [0.15, 0.2) is 83.8 Å². The minimum Gasteiger partial charge on any atom is -0.494 e. The van der Waals surface area contributed by atoms with Crippen molar-refractivity contribution >= 4 is 27.5 Å². The minimum atomic E-state index is -4.13. The highest BCUT2D eigenvalue weighted by molar-refractivity contribution is 7.92. The first-order chi connectivity index (χ1) is 19.5. The quantitative estimate of drug-likeness (QED) is 0.295. The molecule has 8 nitrogen and oxygen atoms in total. The molecule has 41 heavy (non-hydrogen) atoms. The van der Waals surface area contributed by atoms with Crippen LogP contribution in [0.3, 0.4) is 0 Å². The predicted molar refractivity (Wildman–Crippen MR) is 162 cm³/mol. The van der Waals surface area contributed by atoms with Crippen molar-refractivity contribution in [3.8, 4) is 5.75 Å². The van der Waals surface area contributed by atoms with Crippen LogP contribution in [0, 0.1) is 12.8 Å². The number of ether oxygens (including phenoxy) is 1. The van der Waals surface area contributed by atoms with E-state index in [2.05, 4.69) is 5.32 Å². The highest BCUT2D eigenvalue weighted by Crippen LogP contribution is 2.26. The Balaban J connectivity index is 1.95. The molecule has 3 aromatic rings. The first-order valence-electron chi connectivity index (χ1n) is 14.0. The van der Waals surface area contributed by atoms with Crippen molar-refractivity contribution in [2.24, 2.45) is 5.92 Å². The Hall–Kier alpha value is -3.85. The third kappa shape index (κ3) is 8.82. The van der Waals surface area contributed by atoms with E-state index in [0.717, 1.165) is 15.4 Å². The Kier molecular flexibility index (Phi) is 11.3. The smallest absolute Gasteiger partial charge is 0.264 e. The lowest BCUT2D eigenvalue weighted by atomic mass is 10.1. The van der Waals surface area contributed by atoms with Gasteiger partial charge in [-0.1, -0.05) is 61.9 Å². The molecule has 0 saturated carbocycles. The molecular formula is C32H41N3O5S. The average molecular weight is 580 g/mol. The molecule has 0 unspecified atom stereocenters. The molecule has 3 aromatic carbocycles. The molecule has 0 aliphatic heterocycles. The molecule has 9 heteroatoms. The zero-order chi connectivity index (χ0) is 30.0. The van der Waals surface area contributed by atoms with Crippen LogP contribution in [-0.4, -0.2) is 57.4 Å². The van der Waals surface area contributed by atoms with Gasteiger partial charge in [-0.3, -0.25) is 13.9 Å². The fourth-order valence-electron chi connectivity index (χ4n) is 4.26. The summed E-state index contributed by atoms with van der Waals surface area (Å²) in [6.45, 7) is 10.1. The molecule has 220 valence electrons. The fraction of sp³-hybridized carbons (Fsp3) is 0.375. The van der Waals surface area contributed by atoms with E-state index in [-0.39, 0.29) is 23.3 Å². The lowest BCUT2D eigenvalue weighted by Crippen LogP contribution is -2.52. The van der Waals surface area contributed by atoms with E-state index in [1.807, 2.05) is 58.0 Å². The summed E-state index contributed by atoms with van der Waals surface area (Å²) in [5.74, 6) is 0.0493. The molecule has 0 fully saturated rings. The number of carbonyl (C=O) groups excluding carboxylic acids is 2. The predicted octanol–water partition coefficient (Wildman–Crippen LogP) is 4.82. The molecule has 0 aliphatic carbocycles. The van der Waals surface area contributed by atoms with Crippen molar-refractivity contribution < 1.29 is 22.7 Å². The second-order valence-corrected chi connectivity index (χ2v) is 12.3. The second kappa shape index (κ2) is 14.7. The summed E-state index contributed by atoms with van der Waals surface area (Å²) in [7, 11) is -4.13. The van der Waals surface area contributed by atoms with Gasteiger partial charge in [0.2, 0.25) is 11.8 Å². The SMILES string of the molecule is CCOc1ccc(S(=O)(=O)N(CC(=O)N(CCc2ccccc2)[C@@H](C)C(=O)NCC(C)C)c2ccc(C)cc2)cc1. The molecule has 0 bridgehead atoms. The van der Waals surface area contributed by atoms with Crippen molar-refractivity contribution in [1.82, 2.24) is 10.2 Å².